The molecule has 0 aliphatic carbocycles. The summed E-state index contributed by atoms with van der Waals surface area (Å²) in [5, 5.41) is 15.5. The van der Waals surface area contributed by atoms with E-state index in [1.54, 1.807) is 11.1 Å². The number of nitrogens with one attached hydrogen (secondary N) is 1. The summed E-state index contributed by atoms with van der Waals surface area (Å²) < 4.78 is 5.20. The molecule has 0 amide bonds. The van der Waals surface area contributed by atoms with Crippen LogP contribution in [0.4, 0.5) is 0 Å². The van der Waals surface area contributed by atoms with Crippen molar-refractivity contribution in [2.45, 2.75) is 26.3 Å². The second-order valence-corrected chi connectivity index (χ2v) is 3.75. The number of rotatable bonds is 7. The highest BCUT2D eigenvalue weighted by molar-refractivity contribution is 5.43. The van der Waals surface area contributed by atoms with E-state index in [4.69, 9.17) is 4.42 Å². The lowest BCUT2D eigenvalue weighted by Gasteiger charge is -2.00. The average molecular weight is 235 g/mol. The number of aryl methyl sites for hydroxylation is 1. The van der Waals surface area contributed by atoms with Crippen LogP contribution in [0.15, 0.2) is 22.8 Å². The van der Waals surface area contributed by atoms with E-state index >= 15 is 0 Å². The first-order chi connectivity index (χ1) is 8.40. The summed E-state index contributed by atoms with van der Waals surface area (Å²) in [5.74, 6) is 1.20. The maximum Gasteiger partial charge on any atom is 0.240 e. The SMILES string of the molecule is CCNCCCCn1nnc(-c2ccco2)n1. The number of tetrazole rings is 1. The normalized spacial score (nSPS) is 10.9. The first-order valence-electron chi connectivity index (χ1n) is 5.92. The highest BCUT2D eigenvalue weighted by atomic mass is 16.3. The minimum atomic E-state index is 0.543. The molecule has 17 heavy (non-hydrogen) atoms. The first-order valence-corrected chi connectivity index (χ1v) is 5.92. The Hall–Kier alpha value is -1.69. The van der Waals surface area contributed by atoms with Crippen molar-refractivity contribution in [1.29, 1.82) is 0 Å². The van der Waals surface area contributed by atoms with Crippen LogP contribution in [0.5, 0.6) is 0 Å². The highest BCUT2D eigenvalue weighted by Crippen LogP contribution is 2.12. The lowest BCUT2D eigenvalue weighted by atomic mass is 10.3. The van der Waals surface area contributed by atoms with Crippen molar-refractivity contribution >= 4 is 0 Å². The third-order valence-corrected chi connectivity index (χ3v) is 2.41. The summed E-state index contributed by atoms with van der Waals surface area (Å²) >= 11 is 0. The molecule has 2 heterocycles. The maximum absolute atomic E-state index is 5.20. The molecule has 0 aromatic carbocycles. The van der Waals surface area contributed by atoms with E-state index in [1.807, 2.05) is 12.1 Å². The van der Waals surface area contributed by atoms with Crippen LogP contribution >= 0.6 is 0 Å². The van der Waals surface area contributed by atoms with E-state index in [0.717, 1.165) is 32.5 Å². The molecule has 0 aliphatic rings. The topological polar surface area (TPSA) is 68.8 Å². The van der Waals surface area contributed by atoms with Gasteiger partial charge >= 0.3 is 0 Å². The van der Waals surface area contributed by atoms with Gasteiger partial charge in [-0.15, -0.1) is 10.2 Å². The number of hydrogen-bond donors (Lipinski definition) is 1. The Morgan fingerprint density at radius 2 is 2.35 bits per heavy atom. The van der Waals surface area contributed by atoms with E-state index in [-0.39, 0.29) is 0 Å². The summed E-state index contributed by atoms with van der Waals surface area (Å²) in [4.78, 5) is 1.61. The molecular weight excluding hydrogens is 218 g/mol. The van der Waals surface area contributed by atoms with Crippen LogP contribution in [0, 0.1) is 0 Å². The van der Waals surface area contributed by atoms with Crippen LogP contribution in [0.3, 0.4) is 0 Å². The van der Waals surface area contributed by atoms with Gasteiger partial charge in [-0.25, -0.2) is 0 Å². The Labute approximate surface area is 100 Å². The van der Waals surface area contributed by atoms with Crippen LogP contribution in [0.2, 0.25) is 0 Å². The molecule has 0 spiro atoms. The van der Waals surface area contributed by atoms with Crippen LogP contribution < -0.4 is 5.32 Å². The van der Waals surface area contributed by atoms with Gasteiger partial charge < -0.3 is 9.73 Å². The summed E-state index contributed by atoms with van der Waals surface area (Å²) in [6, 6.07) is 3.64. The summed E-state index contributed by atoms with van der Waals surface area (Å²) in [6.45, 7) is 4.95. The molecule has 2 aromatic heterocycles. The Kier molecular flexibility index (Phi) is 4.26. The zero-order chi connectivity index (χ0) is 11.9. The molecule has 0 aliphatic heterocycles. The standard InChI is InChI=1S/C11H17N5O/c1-2-12-7-3-4-8-16-14-11(13-15-16)10-6-5-9-17-10/h5-6,9,12H,2-4,7-8H2,1H3. The third kappa shape index (κ3) is 3.39. The average Bonchev–Trinajstić information content (AvgIpc) is 2.99. The fourth-order valence-electron chi connectivity index (χ4n) is 1.52. The van der Waals surface area contributed by atoms with Gasteiger partial charge in [-0.05, 0) is 43.3 Å². The minimum absolute atomic E-state index is 0.543. The van der Waals surface area contributed by atoms with Crippen molar-refractivity contribution in [1.82, 2.24) is 25.5 Å². The molecule has 6 nitrogen and oxygen atoms in total. The van der Waals surface area contributed by atoms with Crippen molar-refractivity contribution in [2.24, 2.45) is 0 Å². The number of nitrogens with zero attached hydrogens (tertiary/aromatic N) is 4. The molecule has 0 radical (unpaired) electrons. The molecule has 92 valence electrons. The fraction of sp³-hybridized carbons (Fsp3) is 0.545. The summed E-state index contributed by atoms with van der Waals surface area (Å²) in [5.41, 5.74) is 0. The van der Waals surface area contributed by atoms with Crippen LogP contribution in [0.1, 0.15) is 19.8 Å². The quantitative estimate of drug-likeness (QED) is 0.733. The van der Waals surface area contributed by atoms with Crippen molar-refractivity contribution < 1.29 is 4.42 Å². The Morgan fingerprint density at radius 1 is 1.41 bits per heavy atom. The second kappa shape index (κ2) is 6.15. The van der Waals surface area contributed by atoms with Gasteiger partial charge in [0.05, 0.1) is 12.8 Å². The Morgan fingerprint density at radius 3 is 3.12 bits per heavy atom. The van der Waals surface area contributed by atoms with Gasteiger partial charge in [0.1, 0.15) is 0 Å². The van der Waals surface area contributed by atoms with Crippen LogP contribution in [-0.2, 0) is 6.54 Å². The van der Waals surface area contributed by atoms with Crippen LogP contribution in [0.25, 0.3) is 11.6 Å². The molecule has 0 saturated heterocycles. The predicted octanol–water partition coefficient (Wildman–Crippen LogP) is 1.32. The first kappa shape index (κ1) is 11.8. The van der Waals surface area contributed by atoms with Crippen LogP contribution in [-0.4, -0.2) is 33.3 Å². The minimum Gasteiger partial charge on any atom is -0.461 e. The van der Waals surface area contributed by atoms with E-state index < -0.39 is 0 Å². The van der Waals surface area contributed by atoms with Gasteiger partial charge in [0.2, 0.25) is 5.82 Å². The lowest BCUT2D eigenvalue weighted by molar-refractivity contribution is 0.480. The molecule has 2 aromatic rings. The van der Waals surface area contributed by atoms with Crippen molar-refractivity contribution in [2.75, 3.05) is 13.1 Å². The van der Waals surface area contributed by atoms with Crippen molar-refractivity contribution in [3.63, 3.8) is 0 Å². The molecular formula is C11H17N5O. The van der Waals surface area contributed by atoms with Gasteiger partial charge in [-0.1, -0.05) is 6.92 Å². The fourth-order valence-corrected chi connectivity index (χ4v) is 1.52. The zero-order valence-corrected chi connectivity index (χ0v) is 9.96. The summed E-state index contributed by atoms with van der Waals surface area (Å²) in [7, 11) is 0. The molecule has 1 N–H and O–H groups in total. The maximum atomic E-state index is 5.20. The highest BCUT2D eigenvalue weighted by Gasteiger charge is 2.07. The monoisotopic (exact) mass is 235 g/mol. The molecule has 2 rings (SSSR count). The smallest absolute Gasteiger partial charge is 0.240 e. The van der Waals surface area contributed by atoms with Gasteiger partial charge in [0.25, 0.3) is 0 Å². The Bertz CT molecular complexity index is 423. The van der Waals surface area contributed by atoms with Crippen molar-refractivity contribution in [3.05, 3.63) is 18.4 Å². The molecule has 0 saturated carbocycles. The van der Waals surface area contributed by atoms with Gasteiger partial charge in [0, 0.05) is 0 Å². The van der Waals surface area contributed by atoms with Gasteiger partial charge in [0.15, 0.2) is 5.76 Å². The van der Waals surface area contributed by atoms with E-state index in [2.05, 4.69) is 27.7 Å². The molecule has 0 fully saturated rings. The van der Waals surface area contributed by atoms with Crippen molar-refractivity contribution in [3.8, 4) is 11.6 Å². The molecule has 6 heteroatoms. The Balaban J connectivity index is 1.79. The second-order valence-electron chi connectivity index (χ2n) is 3.75. The zero-order valence-electron chi connectivity index (χ0n) is 9.96. The van der Waals surface area contributed by atoms with Gasteiger partial charge in [-0.2, -0.15) is 4.80 Å². The molecule has 0 atom stereocenters. The van der Waals surface area contributed by atoms with E-state index in [1.165, 1.54) is 0 Å². The van der Waals surface area contributed by atoms with E-state index in [0.29, 0.717) is 11.6 Å². The third-order valence-electron chi connectivity index (χ3n) is 2.41. The number of hydrogen-bond acceptors (Lipinski definition) is 5. The predicted molar refractivity (Wildman–Crippen MR) is 63.3 cm³/mol. The number of aromatic nitrogens is 4. The lowest BCUT2D eigenvalue weighted by Crippen LogP contribution is -2.14. The summed E-state index contributed by atoms with van der Waals surface area (Å²) in [6.07, 6.45) is 3.76. The molecule has 0 bridgehead atoms. The largest absolute Gasteiger partial charge is 0.461 e. The van der Waals surface area contributed by atoms with E-state index in [9.17, 15) is 0 Å². The number of unbranched alkanes of at least 4 members (excludes halogenated alkanes) is 1. The van der Waals surface area contributed by atoms with Gasteiger partial charge in [-0.3, -0.25) is 0 Å². The molecule has 0 unspecified atom stereocenters. The number of furan rings is 1.